The first-order valence-corrected chi connectivity index (χ1v) is 12.2. The number of hydrogen-bond donors (Lipinski definition) is 0. The Morgan fingerprint density at radius 3 is 2.49 bits per heavy atom. The molecule has 2 aromatic rings. The Labute approximate surface area is 211 Å². The normalized spacial score (nSPS) is 20.4. The zero-order valence-corrected chi connectivity index (χ0v) is 22.1. The number of hydrogen-bond acceptors (Lipinski definition) is 6. The van der Waals surface area contributed by atoms with Gasteiger partial charge in [-0.05, 0) is 76.4 Å². The molecule has 1 saturated heterocycles. The molecule has 0 N–H and O–H groups in total. The van der Waals surface area contributed by atoms with E-state index in [-0.39, 0.29) is 41.6 Å². The summed E-state index contributed by atoms with van der Waals surface area (Å²) in [6.45, 7) is 13.2. The fourth-order valence-corrected chi connectivity index (χ4v) is 4.23. The number of aromatic nitrogens is 2. The van der Waals surface area contributed by atoms with Crippen molar-refractivity contribution in [2.75, 3.05) is 0 Å². The van der Waals surface area contributed by atoms with Gasteiger partial charge in [0.2, 0.25) is 5.28 Å². The van der Waals surface area contributed by atoms with Crippen molar-refractivity contribution in [1.82, 2.24) is 9.97 Å². The van der Waals surface area contributed by atoms with Crippen molar-refractivity contribution in [3.63, 3.8) is 0 Å². The summed E-state index contributed by atoms with van der Waals surface area (Å²) in [5.74, 6) is -1.45. The molecule has 190 valence electrons. The minimum Gasteiger partial charge on any atom is -0.460 e. The van der Waals surface area contributed by atoms with E-state index in [0.29, 0.717) is 12.1 Å². The Morgan fingerprint density at radius 1 is 1.23 bits per heavy atom. The predicted octanol–water partition coefficient (Wildman–Crippen LogP) is 6.71. The van der Waals surface area contributed by atoms with Crippen LogP contribution in [-0.4, -0.2) is 39.5 Å². The highest BCUT2D eigenvalue weighted by atomic mass is 35.5. The third kappa shape index (κ3) is 7.82. The van der Waals surface area contributed by atoms with Crippen molar-refractivity contribution < 1.29 is 23.4 Å². The fraction of sp³-hybridized carbons (Fsp3) is 0.519. The van der Waals surface area contributed by atoms with Gasteiger partial charge in [0, 0.05) is 17.5 Å². The molecule has 0 unspecified atom stereocenters. The molecule has 0 radical (unpaired) electrons. The molecule has 8 heteroatoms. The van der Waals surface area contributed by atoms with Gasteiger partial charge in [-0.15, -0.1) is 0 Å². The minimum atomic E-state index is -0.878. The highest BCUT2D eigenvalue weighted by Gasteiger charge is 2.36. The van der Waals surface area contributed by atoms with Crippen LogP contribution in [0.1, 0.15) is 78.5 Å². The van der Waals surface area contributed by atoms with Gasteiger partial charge in [0.05, 0.1) is 30.0 Å². The Bertz CT molecular complexity index is 1080. The van der Waals surface area contributed by atoms with Crippen LogP contribution in [0.15, 0.2) is 30.3 Å². The van der Waals surface area contributed by atoms with Crippen molar-refractivity contribution >= 4 is 23.6 Å². The topological polar surface area (TPSA) is 70.5 Å². The lowest BCUT2D eigenvalue weighted by Crippen LogP contribution is -2.45. The van der Waals surface area contributed by atoms with Crippen molar-refractivity contribution in [3.05, 3.63) is 52.7 Å². The number of halogens is 2. The first-order chi connectivity index (χ1) is 16.2. The molecule has 0 spiro atoms. The van der Waals surface area contributed by atoms with Gasteiger partial charge in [0.25, 0.3) is 0 Å². The number of carbonyl (C=O) groups excluding carboxylic acids is 1. The molecule has 2 atom stereocenters. The lowest BCUT2D eigenvalue weighted by molar-refractivity contribution is -0.290. The van der Waals surface area contributed by atoms with Gasteiger partial charge in [-0.25, -0.2) is 14.4 Å². The molecule has 6 nitrogen and oxygen atoms in total. The van der Waals surface area contributed by atoms with Gasteiger partial charge in [0.15, 0.2) is 5.79 Å². The fourth-order valence-electron chi connectivity index (χ4n) is 4.06. The molecule has 35 heavy (non-hydrogen) atoms. The average molecular weight is 505 g/mol. The van der Waals surface area contributed by atoms with E-state index in [9.17, 15) is 9.18 Å². The zero-order chi connectivity index (χ0) is 26.0. The largest absolute Gasteiger partial charge is 0.460 e. The van der Waals surface area contributed by atoms with Gasteiger partial charge in [-0.3, -0.25) is 4.79 Å². The standard InChI is InChI=1S/C27H34ClFN2O4/c1-16(2)23-21(24(31-25(28)30-23)17-8-10-18(29)11-9-17)13-12-19-14-20(34-27(6,7)33-19)15-22(32)35-26(3,4)5/h8-13,16,19-20H,14-15H2,1-7H3/b13-12+/t19-,20-/m1/s1. The second-order valence-corrected chi connectivity index (χ2v) is 10.8. The second-order valence-electron chi connectivity index (χ2n) is 10.5. The SMILES string of the molecule is CC(C)c1nc(Cl)nc(-c2ccc(F)cc2)c1/C=C/[C@@H]1C[C@H](CC(=O)OC(C)(C)C)OC(C)(C)O1. The summed E-state index contributed by atoms with van der Waals surface area (Å²) in [6.07, 6.45) is 3.79. The van der Waals surface area contributed by atoms with Crippen LogP contribution in [0.3, 0.4) is 0 Å². The number of rotatable bonds is 6. The first kappa shape index (κ1) is 27.2. The molecule has 2 heterocycles. The number of esters is 1. The lowest BCUT2D eigenvalue weighted by Gasteiger charge is -2.39. The Balaban J connectivity index is 1.91. The van der Waals surface area contributed by atoms with Crippen LogP contribution >= 0.6 is 11.6 Å². The van der Waals surface area contributed by atoms with E-state index in [1.54, 1.807) is 12.1 Å². The van der Waals surface area contributed by atoms with Crippen molar-refractivity contribution in [1.29, 1.82) is 0 Å². The van der Waals surface area contributed by atoms with Crippen LogP contribution < -0.4 is 0 Å². The van der Waals surface area contributed by atoms with Crippen LogP contribution in [0.5, 0.6) is 0 Å². The lowest BCUT2D eigenvalue weighted by atomic mass is 9.97. The number of nitrogens with zero attached hydrogens (tertiary/aromatic N) is 2. The molecule has 1 aromatic carbocycles. The van der Waals surface area contributed by atoms with E-state index >= 15 is 0 Å². The van der Waals surface area contributed by atoms with Crippen molar-refractivity contribution in [3.8, 4) is 11.3 Å². The monoisotopic (exact) mass is 504 g/mol. The van der Waals surface area contributed by atoms with Crippen LogP contribution in [0.4, 0.5) is 4.39 Å². The predicted molar refractivity (Wildman–Crippen MR) is 134 cm³/mol. The van der Waals surface area contributed by atoms with Crippen LogP contribution in [0.25, 0.3) is 17.3 Å². The zero-order valence-electron chi connectivity index (χ0n) is 21.4. The third-order valence-corrected chi connectivity index (χ3v) is 5.45. The van der Waals surface area contributed by atoms with E-state index in [4.69, 9.17) is 25.8 Å². The van der Waals surface area contributed by atoms with Gasteiger partial charge in [-0.1, -0.05) is 26.0 Å². The smallest absolute Gasteiger partial charge is 0.308 e. The molecule has 1 aliphatic rings. The summed E-state index contributed by atoms with van der Waals surface area (Å²) < 4.78 is 31.1. The molecule has 0 amide bonds. The van der Waals surface area contributed by atoms with Gasteiger partial charge in [-0.2, -0.15) is 0 Å². The highest BCUT2D eigenvalue weighted by Crippen LogP contribution is 2.33. The van der Waals surface area contributed by atoms with E-state index in [1.165, 1.54) is 12.1 Å². The number of ether oxygens (including phenoxy) is 3. The van der Waals surface area contributed by atoms with E-state index < -0.39 is 11.4 Å². The van der Waals surface area contributed by atoms with Gasteiger partial charge in [0.1, 0.15) is 11.4 Å². The van der Waals surface area contributed by atoms with Crippen LogP contribution in [0, 0.1) is 5.82 Å². The maximum Gasteiger partial charge on any atom is 0.308 e. The minimum absolute atomic E-state index is 0.0707. The number of benzene rings is 1. The summed E-state index contributed by atoms with van der Waals surface area (Å²) in [5.41, 5.74) is 2.34. The number of carbonyl (C=O) groups is 1. The van der Waals surface area contributed by atoms with Gasteiger partial charge < -0.3 is 14.2 Å². The summed E-state index contributed by atoms with van der Waals surface area (Å²) in [5, 5.41) is 0.131. The maximum absolute atomic E-state index is 13.5. The molecule has 1 aromatic heterocycles. The average Bonchev–Trinajstić information content (AvgIpc) is 2.70. The van der Waals surface area contributed by atoms with Gasteiger partial charge >= 0.3 is 5.97 Å². The van der Waals surface area contributed by atoms with E-state index in [0.717, 1.165) is 16.8 Å². The molecule has 1 aliphatic heterocycles. The van der Waals surface area contributed by atoms with Crippen LogP contribution in [0.2, 0.25) is 5.28 Å². The summed E-state index contributed by atoms with van der Waals surface area (Å²) in [7, 11) is 0. The summed E-state index contributed by atoms with van der Waals surface area (Å²) in [6, 6.07) is 6.11. The molecule has 0 saturated carbocycles. The quantitative estimate of drug-likeness (QED) is 0.321. The second kappa shape index (κ2) is 10.7. The Kier molecular flexibility index (Phi) is 8.35. The Morgan fingerprint density at radius 2 is 1.89 bits per heavy atom. The van der Waals surface area contributed by atoms with Crippen LogP contribution in [-0.2, 0) is 19.0 Å². The molecular weight excluding hydrogens is 471 g/mol. The summed E-state index contributed by atoms with van der Waals surface area (Å²) >= 11 is 6.24. The maximum atomic E-state index is 13.5. The molecule has 0 bridgehead atoms. The molecule has 1 fully saturated rings. The third-order valence-electron chi connectivity index (χ3n) is 5.29. The molecular formula is C27H34ClFN2O4. The molecule has 0 aliphatic carbocycles. The van der Waals surface area contributed by atoms with Crippen molar-refractivity contribution in [2.45, 2.75) is 90.8 Å². The van der Waals surface area contributed by atoms with Crippen molar-refractivity contribution in [2.24, 2.45) is 0 Å². The Hall–Kier alpha value is -2.35. The first-order valence-electron chi connectivity index (χ1n) is 11.8. The van der Waals surface area contributed by atoms with E-state index in [1.807, 2.05) is 60.6 Å². The highest BCUT2D eigenvalue weighted by molar-refractivity contribution is 6.28. The molecule has 3 rings (SSSR count). The van der Waals surface area contributed by atoms with E-state index in [2.05, 4.69) is 9.97 Å². The summed E-state index contributed by atoms with van der Waals surface area (Å²) in [4.78, 5) is 21.3.